The molecule has 0 radical (unpaired) electrons. The monoisotopic (exact) mass is 216 g/mol. The van der Waals surface area contributed by atoms with Gasteiger partial charge >= 0.3 is 54.7 Å². The third-order valence-corrected chi connectivity index (χ3v) is 0. The molecule has 0 spiro atoms. The minimum atomic E-state index is -3.13. The molecule has 0 saturated heterocycles. The van der Waals surface area contributed by atoms with Crippen LogP contribution in [0.2, 0.25) is 0 Å². The van der Waals surface area contributed by atoms with E-state index in [2.05, 4.69) is 0 Å². The fraction of sp³-hybridized carbons (Fsp3) is 0. The van der Waals surface area contributed by atoms with Crippen LogP contribution in [0.3, 0.4) is 0 Å². The Labute approximate surface area is 88.8 Å². The van der Waals surface area contributed by atoms with Gasteiger partial charge in [0.05, 0.1) is 0 Å². The first-order valence-corrected chi connectivity index (χ1v) is 1.95. The van der Waals surface area contributed by atoms with Crippen LogP contribution in [0.15, 0.2) is 0 Å². The van der Waals surface area contributed by atoms with E-state index < -0.39 is 9.17 Å². The molecule has 0 aromatic rings. The van der Waals surface area contributed by atoms with Crippen molar-refractivity contribution in [3.8, 4) is 0 Å². The van der Waals surface area contributed by atoms with Gasteiger partial charge in [0.15, 0.2) is 0 Å². The van der Waals surface area contributed by atoms with Gasteiger partial charge in [0, 0.05) is 21.7 Å². The molecule has 0 aromatic carbocycles. The summed E-state index contributed by atoms with van der Waals surface area (Å²) >= 11 is 0. The molecule has 0 atom stereocenters. The van der Waals surface area contributed by atoms with Crippen LogP contribution in [-0.4, -0.2) is 64.2 Å². The van der Waals surface area contributed by atoms with Crippen molar-refractivity contribution in [2.45, 2.75) is 0 Å². The quantitative estimate of drug-likeness (QED) is 0.438. The second-order valence-electron chi connectivity index (χ2n) is 0.283. The van der Waals surface area contributed by atoms with Gasteiger partial charge < -0.3 is 9.59 Å². The predicted octanol–water partition coefficient (Wildman–Crippen LogP) is -2.53. The molecule has 2 N–H and O–H groups in total. The van der Waals surface area contributed by atoms with E-state index in [4.69, 9.17) is 14.1 Å². The van der Waals surface area contributed by atoms with E-state index in [9.17, 15) is 0 Å². The van der Waals surface area contributed by atoms with Crippen molar-refractivity contribution in [2.75, 3.05) is 0 Å². The van der Waals surface area contributed by atoms with Gasteiger partial charge in [0.25, 0.3) is 0 Å². The van der Waals surface area contributed by atoms with Gasteiger partial charge in [-0.1, -0.05) is 0 Å². The summed E-state index contributed by atoms with van der Waals surface area (Å²) < 4.78 is 8.74. The van der Waals surface area contributed by atoms with Gasteiger partial charge in [-0.3, -0.25) is 4.46 Å². The molecular formula is H4O3SiSrTi. The maximum Gasteiger partial charge on any atom is 0 e. The molecule has 32 valence electrons. The van der Waals surface area contributed by atoms with E-state index in [0.29, 0.717) is 0 Å². The Hall–Kier alpha value is 1.81. The second kappa shape index (κ2) is 9.94. The van der Waals surface area contributed by atoms with E-state index in [-0.39, 0.29) is 67.2 Å². The largest absolute Gasteiger partial charge is 0 e. The van der Waals surface area contributed by atoms with E-state index >= 15 is 0 Å². The summed E-state index contributed by atoms with van der Waals surface area (Å²) in [6, 6.07) is 0. The Kier molecular flexibility index (Phi) is 25.9. The molecule has 0 bridgehead atoms. The summed E-state index contributed by atoms with van der Waals surface area (Å²) in [6.45, 7) is 0. The molecule has 0 aromatic heterocycles. The Morgan fingerprint density at radius 3 is 1.33 bits per heavy atom. The first-order chi connectivity index (χ1) is 1.73. The normalized spacial score (nSPS) is 4.00. The van der Waals surface area contributed by atoms with Gasteiger partial charge in [-0.15, -0.1) is 0 Å². The molecule has 6 heteroatoms. The van der Waals surface area contributed by atoms with Crippen LogP contribution in [0.5, 0.6) is 0 Å². The van der Waals surface area contributed by atoms with Crippen molar-refractivity contribution in [2.24, 2.45) is 0 Å². The minimum absolute atomic E-state index is 0. The molecule has 0 unspecified atom stereocenters. The fourth-order valence-corrected chi connectivity index (χ4v) is 0. The Morgan fingerprint density at radius 2 is 1.33 bits per heavy atom. The summed E-state index contributed by atoms with van der Waals surface area (Å²) in [5.74, 6) is 0. The first kappa shape index (κ1) is 15.7. The van der Waals surface area contributed by atoms with Crippen molar-refractivity contribution in [1.29, 1.82) is 0 Å². The standard InChI is InChI=1S/H2O3Si.Sr.Ti.2H/c1-4(2)3;;;;/h1-2H;;;;. The summed E-state index contributed by atoms with van der Waals surface area (Å²) in [5, 5.41) is 0. The van der Waals surface area contributed by atoms with Crippen molar-refractivity contribution < 1.29 is 35.8 Å². The summed E-state index contributed by atoms with van der Waals surface area (Å²) in [4.78, 5) is 14.3. The molecule has 0 saturated carbocycles. The molecule has 0 rings (SSSR count). The first-order valence-electron chi connectivity index (χ1n) is 0.651. The third-order valence-electron chi connectivity index (χ3n) is 0. The SMILES string of the molecule is O=[Si](O)O.[SrH2].[Ti]. The average molecular weight is 216 g/mol. The Bertz CT molecular complexity index is 33.8. The maximum absolute atomic E-state index is 8.74. The van der Waals surface area contributed by atoms with Crippen LogP contribution in [-0.2, 0) is 26.2 Å². The zero-order chi connectivity index (χ0) is 3.58. The van der Waals surface area contributed by atoms with E-state index in [1.807, 2.05) is 0 Å². The van der Waals surface area contributed by atoms with Gasteiger partial charge in [0.2, 0.25) is 0 Å². The van der Waals surface area contributed by atoms with Gasteiger partial charge in [0.1, 0.15) is 0 Å². The molecule has 0 aliphatic heterocycles. The Morgan fingerprint density at radius 1 is 1.33 bits per heavy atom. The number of hydrogen-bond donors (Lipinski definition) is 2. The Balaban J connectivity index is -0.0000000450. The smallest absolute Gasteiger partial charge is 0 e. The zero-order valence-corrected chi connectivity index (χ0v) is 4.86. The predicted molar refractivity (Wildman–Crippen MR) is 19.4 cm³/mol. The van der Waals surface area contributed by atoms with Crippen LogP contribution in [0.25, 0.3) is 0 Å². The van der Waals surface area contributed by atoms with Crippen LogP contribution >= 0.6 is 0 Å². The summed E-state index contributed by atoms with van der Waals surface area (Å²) in [5.41, 5.74) is 0. The number of rotatable bonds is 0. The van der Waals surface area contributed by atoms with Crippen LogP contribution in [0, 0.1) is 0 Å². The minimum Gasteiger partial charge on any atom is 0 e. The topological polar surface area (TPSA) is 57.5 Å². The molecule has 6 heavy (non-hydrogen) atoms. The van der Waals surface area contributed by atoms with Gasteiger partial charge in [-0.05, 0) is 0 Å². The second-order valence-corrected chi connectivity index (χ2v) is 0.848. The molecule has 0 aliphatic rings. The van der Waals surface area contributed by atoms with Crippen molar-refractivity contribution in [1.82, 2.24) is 0 Å². The number of hydrogen-bond acceptors (Lipinski definition) is 1. The maximum atomic E-state index is 8.74. The van der Waals surface area contributed by atoms with Crippen molar-refractivity contribution >= 4 is 54.7 Å². The van der Waals surface area contributed by atoms with Crippen LogP contribution < -0.4 is 0 Å². The van der Waals surface area contributed by atoms with Gasteiger partial charge in [-0.2, -0.15) is 0 Å². The van der Waals surface area contributed by atoms with E-state index in [1.165, 1.54) is 0 Å². The fourth-order valence-electron chi connectivity index (χ4n) is 0. The van der Waals surface area contributed by atoms with Crippen molar-refractivity contribution in [3.05, 3.63) is 0 Å². The average Bonchev–Trinajstić information content (AvgIpc) is 0.811. The van der Waals surface area contributed by atoms with E-state index in [1.54, 1.807) is 0 Å². The molecule has 3 nitrogen and oxygen atoms in total. The molecule has 0 heterocycles. The molecule has 0 aliphatic carbocycles. The zero-order valence-electron chi connectivity index (χ0n) is 2.30. The summed E-state index contributed by atoms with van der Waals surface area (Å²) in [6.07, 6.45) is 0. The third kappa shape index (κ3) is 41.0. The summed E-state index contributed by atoms with van der Waals surface area (Å²) in [7, 11) is -3.13. The van der Waals surface area contributed by atoms with Crippen LogP contribution in [0.4, 0.5) is 0 Å². The van der Waals surface area contributed by atoms with Crippen LogP contribution in [0.1, 0.15) is 0 Å². The molecule has 0 amide bonds. The van der Waals surface area contributed by atoms with Crippen molar-refractivity contribution in [3.63, 3.8) is 0 Å². The molecule has 0 fully saturated rings. The van der Waals surface area contributed by atoms with Gasteiger partial charge in [-0.25, -0.2) is 0 Å². The van der Waals surface area contributed by atoms with E-state index in [0.717, 1.165) is 0 Å². The molecular weight excluding hydrogens is 212 g/mol.